The van der Waals surface area contributed by atoms with Crippen molar-refractivity contribution < 1.29 is 47.0 Å². The first-order chi connectivity index (χ1) is 20.6. The fourth-order valence-electron chi connectivity index (χ4n) is 4.56. The van der Waals surface area contributed by atoms with Gasteiger partial charge in [0.1, 0.15) is 23.7 Å². The normalized spacial score (nSPS) is 16.8. The van der Waals surface area contributed by atoms with Gasteiger partial charge < -0.3 is 31.7 Å². The number of carbonyl (C=O) groups excluding carboxylic acids is 5. The maximum atomic E-state index is 13.4. The molecule has 1 saturated heterocycles. The Labute approximate surface area is 252 Å². The van der Waals surface area contributed by atoms with E-state index in [4.69, 9.17) is 0 Å². The van der Waals surface area contributed by atoms with Gasteiger partial charge in [0.25, 0.3) is 0 Å². The number of nitrogens with one attached hydrogen (secondary N) is 5. The Morgan fingerprint density at radius 1 is 1.05 bits per heavy atom. The minimum atomic E-state index is -4.77. The summed E-state index contributed by atoms with van der Waals surface area (Å²) in [5, 5.41) is 21.3. The van der Waals surface area contributed by atoms with Gasteiger partial charge in [-0.3, -0.25) is 24.0 Å². The zero-order chi connectivity index (χ0) is 33.0. The van der Waals surface area contributed by atoms with E-state index >= 15 is 0 Å². The van der Waals surface area contributed by atoms with Crippen LogP contribution >= 0.6 is 0 Å². The SMILES string of the molecule is CCCCNC(=O)C[C@H](NC(=O)[C@H](CC(C)C)NC(=O)[C@H](Cc1cccc(C(F)(F)F)n1)NC(=O)O)C(=O)[C@@H]1CCNC1=O. The Bertz CT molecular complexity index is 1210. The molecule has 1 fully saturated rings. The van der Waals surface area contributed by atoms with Gasteiger partial charge in [-0.2, -0.15) is 13.2 Å². The number of aromatic nitrogens is 1. The van der Waals surface area contributed by atoms with Crippen LogP contribution < -0.4 is 26.6 Å². The number of carboxylic acid groups (broad SMARTS) is 1. The highest BCUT2D eigenvalue weighted by Gasteiger charge is 2.38. The summed E-state index contributed by atoms with van der Waals surface area (Å²) in [5.74, 6) is -4.90. The monoisotopic (exact) mass is 628 g/mol. The molecule has 0 radical (unpaired) electrons. The lowest BCUT2D eigenvalue weighted by Gasteiger charge is -2.26. The fourth-order valence-corrected chi connectivity index (χ4v) is 4.56. The molecule has 0 aliphatic carbocycles. The van der Waals surface area contributed by atoms with E-state index in [0.717, 1.165) is 18.6 Å². The van der Waals surface area contributed by atoms with E-state index in [1.807, 2.05) is 12.2 Å². The van der Waals surface area contributed by atoms with Gasteiger partial charge in [0.2, 0.25) is 23.6 Å². The van der Waals surface area contributed by atoms with Crippen molar-refractivity contribution in [3.8, 4) is 0 Å². The summed E-state index contributed by atoms with van der Waals surface area (Å²) in [5.41, 5.74) is -1.46. The number of carbonyl (C=O) groups is 6. The topological polar surface area (TPSA) is 196 Å². The highest BCUT2D eigenvalue weighted by atomic mass is 19.4. The quantitative estimate of drug-likeness (QED) is 0.116. The average molecular weight is 629 g/mol. The van der Waals surface area contributed by atoms with Crippen LogP contribution in [0.15, 0.2) is 18.2 Å². The van der Waals surface area contributed by atoms with Crippen molar-refractivity contribution in [1.82, 2.24) is 31.6 Å². The van der Waals surface area contributed by atoms with E-state index in [1.54, 1.807) is 13.8 Å². The summed E-state index contributed by atoms with van der Waals surface area (Å²) in [7, 11) is 0. The van der Waals surface area contributed by atoms with Crippen LogP contribution in [-0.2, 0) is 36.6 Å². The third-order valence-electron chi connectivity index (χ3n) is 6.76. The lowest BCUT2D eigenvalue weighted by molar-refractivity contribution is -0.141. The molecule has 2 heterocycles. The number of alkyl halides is 3. The van der Waals surface area contributed by atoms with Gasteiger partial charge in [-0.1, -0.05) is 33.3 Å². The molecular weight excluding hydrogens is 589 g/mol. The summed E-state index contributed by atoms with van der Waals surface area (Å²) in [6.07, 6.45) is -5.73. The molecule has 0 bridgehead atoms. The molecule has 44 heavy (non-hydrogen) atoms. The molecule has 0 unspecified atom stereocenters. The lowest BCUT2D eigenvalue weighted by Crippen LogP contribution is -2.57. The second-order valence-electron chi connectivity index (χ2n) is 10.9. The molecule has 1 aliphatic heterocycles. The number of nitrogens with zero attached hydrogens (tertiary/aromatic N) is 1. The molecule has 2 rings (SSSR count). The third-order valence-corrected chi connectivity index (χ3v) is 6.76. The van der Waals surface area contributed by atoms with Gasteiger partial charge >= 0.3 is 12.3 Å². The van der Waals surface area contributed by atoms with E-state index < -0.39 is 84.3 Å². The summed E-state index contributed by atoms with van der Waals surface area (Å²) < 4.78 is 39.4. The van der Waals surface area contributed by atoms with Crippen molar-refractivity contribution in [1.29, 1.82) is 0 Å². The number of halogens is 3. The highest BCUT2D eigenvalue weighted by molar-refractivity contribution is 6.07. The van der Waals surface area contributed by atoms with Gasteiger partial charge in [0, 0.05) is 25.2 Å². The number of unbranched alkanes of at least 4 members (excludes halogenated alkanes) is 1. The molecule has 16 heteroatoms. The van der Waals surface area contributed by atoms with Gasteiger partial charge in [-0.25, -0.2) is 9.78 Å². The van der Waals surface area contributed by atoms with E-state index in [-0.39, 0.29) is 31.0 Å². The number of hydrogen-bond acceptors (Lipinski definition) is 7. The van der Waals surface area contributed by atoms with E-state index in [2.05, 4.69) is 26.3 Å². The molecule has 0 aromatic carbocycles. The molecule has 6 N–H and O–H groups in total. The van der Waals surface area contributed by atoms with Crippen LogP contribution in [0.3, 0.4) is 0 Å². The van der Waals surface area contributed by atoms with Crippen LogP contribution in [0.1, 0.15) is 64.3 Å². The number of hydrogen-bond donors (Lipinski definition) is 6. The van der Waals surface area contributed by atoms with Gasteiger partial charge in [0.05, 0.1) is 12.5 Å². The van der Waals surface area contributed by atoms with Crippen LogP contribution in [0.4, 0.5) is 18.0 Å². The maximum absolute atomic E-state index is 13.4. The average Bonchev–Trinajstić information content (AvgIpc) is 3.36. The molecule has 0 spiro atoms. The van der Waals surface area contributed by atoms with Crippen molar-refractivity contribution in [2.75, 3.05) is 13.1 Å². The zero-order valence-corrected chi connectivity index (χ0v) is 24.8. The first-order valence-corrected chi connectivity index (χ1v) is 14.3. The van der Waals surface area contributed by atoms with E-state index in [0.29, 0.717) is 13.0 Å². The van der Waals surface area contributed by atoms with Crippen LogP contribution in [0.25, 0.3) is 0 Å². The largest absolute Gasteiger partial charge is 0.465 e. The molecular formula is C28H39F3N6O7. The predicted molar refractivity (Wildman–Crippen MR) is 150 cm³/mol. The highest BCUT2D eigenvalue weighted by Crippen LogP contribution is 2.27. The van der Waals surface area contributed by atoms with Crippen molar-refractivity contribution in [3.05, 3.63) is 29.6 Å². The fraction of sp³-hybridized carbons (Fsp3) is 0.607. The molecule has 13 nitrogen and oxygen atoms in total. The Morgan fingerprint density at radius 3 is 2.27 bits per heavy atom. The van der Waals surface area contributed by atoms with Crippen LogP contribution in [-0.4, -0.2) is 76.8 Å². The third kappa shape index (κ3) is 11.4. The first-order valence-electron chi connectivity index (χ1n) is 14.3. The van der Waals surface area contributed by atoms with Crippen LogP contribution in [0, 0.1) is 11.8 Å². The minimum Gasteiger partial charge on any atom is -0.465 e. The number of pyridine rings is 1. The molecule has 4 atom stereocenters. The number of Topliss-reactive ketones (excluding diaryl/α,β-unsaturated/α-hetero) is 1. The Hall–Kier alpha value is -4.24. The first kappa shape index (κ1) is 36.0. The Balaban J connectivity index is 2.27. The smallest absolute Gasteiger partial charge is 0.433 e. The summed E-state index contributed by atoms with van der Waals surface area (Å²) >= 11 is 0. The molecule has 1 aromatic heterocycles. The molecule has 244 valence electrons. The van der Waals surface area contributed by atoms with Gasteiger partial charge in [-0.05, 0) is 37.3 Å². The summed E-state index contributed by atoms with van der Waals surface area (Å²) in [6, 6.07) is -1.37. The van der Waals surface area contributed by atoms with Crippen molar-refractivity contribution in [2.45, 2.75) is 83.6 Å². The van der Waals surface area contributed by atoms with Crippen LogP contribution in [0.5, 0.6) is 0 Å². The van der Waals surface area contributed by atoms with Gasteiger partial charge in [0.15, 0.2) is 5.78 Å². The zero-order valence-electron chi connectivity index (χ0n) is 24.8. The number of amides is 5. The van der Waals surface area contributed by atoms with E-state index in [9.17, 15) is 47.0 Å². The molecule has 1 aromatic rings. The second kappa shape index (κ2) is 16.6. The molecule has 1 aliphatic rings. The number of rotatable bonds is 16. The van der Waals surface area contributed by atoms with Crippen LogP contribution in [0.2, 0.25) is 0 Å². The summed E-state index contributed by atoms with van der Waals surface area (Å²) in [4.78, 5) is 79.5. The van der Waals surface area contributed by atoms with Crippen molar-refractivity contribution in [3.63, 3.8) is 0 Å². The van der Waals surface area contributed by atoms with Crippen molar-refractivity contribution in [2.24, 2.45) is 11.8 Å². The van der Waals surface area contributed by atoms with E-state index in [1.165, 1.54) is 6.07 Å². The lowest BCUT2D eigenvalue weighted by atomic mass is 9.93. The second-order valence-corrected chi connectivity index (χ2v) is 10.9. The number of ketones is 1. The Kier molecular flexibility index (Phi) is 13.5. The van der Waals surface area contributed by atoms with Crippen molar-refractivity contribution >= 4 is 35.5 Å². The Morgan fingerprint density at radius 2 is 1.70 bits per heavy atom. The van der Waals surface area contributed by atoms with Gasteiger partial charge in [-0.15, -0.1) is 0 Å². The minimum absolute atomic E-state index is 0.0205. The summed E-state index contributed by atoms with van der Waals surface area (Å²) in [6.45, 7) is 5.99. The standard InChI is InChI=1S/C28H39F3N6O7/c1-4-5-10-32-22(38)14-18(23(39)17-9-11-33-24(17)40)35-25(41)19(12-15(2)3)36-26(42)20(37-27(43)44)13-16-7-6-8-21(34-16)28(29,30)31/h6-8,15,17-20,37H,4-5,9-14H2,1-3H3,(H,32,38)(H,33,40)(H,35,41)(H,36,42)(H,43,44)/t17-,18-,19-,20-/m0/s1. The molecule has 0 saturated carbocycles. The maximum Gasteiger partial charge on any atom is 0.433 e. The predicted octanol–water partition coefficient (Wildman–Crippen LogP) is 1.31. The molecule has 5 amide bonds.